The van der Waals surface area contributed by atoms with Gasteiger partial charge in [0, 0.05) is 32.7 Å². The highest BCUT2D eigenvalue weighted by molar-refractivity contribution is 14.0. The second-order valence-corrected chi connectivity index (χ2v) is 5.88. The van der Waals surface area contributed by atoms with Crippen molar-refractivity contribution in [3.05, 3.63) is 0 Å². The first-order valence-electron chi connectivity index (χ1n) is 8.37. The summed E-state index contributed by atoms with van der Waals surface area (Å²) in [7, 11) is 0. The van der Waals surface area contributed by atoms with Gasteiger partial charge in [-0.15, -0.1) is 24.0 Å². The topological polar surface area (TPSA) is 83.2 Å². The molecule has 0 spiro atoms. The van der Waals surface area contributed by atoms with Gasteiger partial charge in [0.25, 0.3) is 0 Å². The lowest BCUT2D eigenvalue weighted by Crippen LogP contribution is -2.40. The Bertz CT molecular complexity index is 369. The molecule has 0 aromatic heterocycles. The summed E-state index contributed by atoms with van der Waals surface area (Å²) in [5.74, 6) is 0.449. The molecule has 1 amide bonds. The Labute approximate surface area is 156 Å². The van der Waals surface area contributed by atoms with Crippen molar-refractivity contribution >= 4 is 35.8 Å². The van der Waals surface area contributed by atoms with Crippen LogP contribution in [0.4, 0.5) is 0 Å². The molecule has 7 nitrogen and oxygen atoms in total. The van der Waals surface area contributed by atoms with E-state index in [1.165, 1.54) is 6.42 Å². The number of carbonyl (C=O) groups is 1. The molecular weight excluding hydrogens is 409 g/mol. The SMILES string of the molecule is I.NC(=NCC(=O)N1CCCCC1)NCCCN1CCOCC1. The molecule has 0 aromatic carbocycles. The second-order valence-electron chi connectivity index (χ2n) is 5.88. The monoisotopic (exact) mass is 439 g/mol. The molecule has 3 N–H and O–H groups in total. The molecule has 2 saturated heterocycles. The average molecular weight is 439 g/mol. The van der Waals surface area contributed by atoms with Crippen molar-refractivity contribution in [3.8, 4) is 0 Å². The number of hydrogen-bond acceptors (Lipinski definition) is 4. The van der Waals surface area contributed by atoms with Gasteiger partial charge >= 0.3 is 0 Å². The minimum absolute atomic E-state index is 0. The fourth-order valence-electron chi connectivity index (χ4n) is 2.80. The lowest BCUT2D eigenvalue weighted by Gasteiger charge is -2.26. The Balaban J connectivity index is 0.00000264. The Hall–Kier alpha value is -0.610. The maximum Gasteiger partial charge on any atom is 0.244 e. The van der Waals surface area contributed by atoms with Gasteiger partial charge in [-0.3, -0.25) is 9.69 Å². The van der Waals surface area contributed by atoms with Crippen LogP contribution >= 0.6 is 24.0 Å². The van der Waals surface area contributed by atoms with Crippen LogP contribution in [0.5, 0.6) is 0 Å². The van der Waals surface area contributed by atoms with Crippen LogP contribution in [0.1, 0.15) is 25.7 Å². The van der Waals surface area contributed by atoms with Crippen LogP contribution < -0.4 is 11.1 Å². The van der Waals surface area contributed by atoms with Gasteiger partial charge in [0.2, 0.25) is 5.91 Å². The van der Waals surface area contributed by atoms with Crippen LogP contribution in [0, 0.1) is 0 Å². The second kappa shape index (κ2) is 11.9. The Morgan fingerprint density at radius 2 is 1.83 bits per heavy atom. The van der Waals surface area contributed by atoms with Crippen molar-refractivity contribution in [1.29, 1.82) is 0 Å². The number of nitrogens with two attached hydrogens (primary N) is 1. The largest absolute Gasteiger partial charge is 0.379 e. The number of ether oxygens (including phenoxy) is 1. The fourth-order valence-corrected chi connectivity index (χ4v) is 2.80. The van der Waals surface area contributed by atoms with Crippen molar-refractivity contribution in [2.75, 3.05) is 59.0 Å². The van der Waals surface area contributed by atoms with E-state index in [4.69, 9.17) is 10.5 Å². The molecule has 23 heavy (non-hydrogen) atoms. The summed E-state index contributed by atoms with van der Waals surface area (Å²) in [5, 5.41) is 3.08. The number of nitrogens with one attached hydrogen (secondary N) is 1. The first kappa shape index (κ1) is 20.4. The van der Waals surface area contributed by atoms with Gasteiger partial charge in [-0.25, -0.2) is 4.99 Å². The van der Waals surface area contributed by atoms with Gasteiger partial charge < -0.3 is 20.7 Å². The maximum atomic E-state index is 12.0. The highest BCUT2D eigenvalue weighted by Crippen LogP contribution is 2.08. The first-order valence-corrected chi connectivity index (χ1v) is 8.37. The number of hydrogen-bond donors (Lipinski definition) is 2. The normalized spacial score (nSPS) is 20.0. The van der Waals surface area contributed by atoms with Gasteiger partial charge in [0.05, 0.1) is 13.2 Å². The predicted octanol–water partition coefficient (Wildman–Crippen LogP) is 0.244. The molecule has 0 aliphatic carbocycles. The smallest absolute Gasteiger partial charge is 0.244 e. The van der Waals surface area contributed by atoms with Crippen LogP contribution in [0.25, 0.3) is 0 Å². The van der Waals surface area contributed by atoms with Crippen molar-refractivity contribution in [3.63, 3.8) is 0 Å². The van der Waals surface area contributed by atoms with Gasteiger partial charge in [-0.05, 0) is 32.2 Å². The summed E-state index contributed by atoms with van der Waals surface area (Å²) in [4.78, 5) is 20.4. The maximum absolute atomic E-state index is 12.0. The van der Waals surface area contributed by atoms with E-state index in [2.05, 4.69) is 15.2 Å². The molecule has 2 aliphatic heterocycles. The first-order chi connectivity index (χ1) is 10.8. The van der Waals surface area contributed by atoms with Crippen molar-refractivity contribution in [2.45, 2.75) is 25.7 Å². The number of aliphatic imine (C=N–C) groups is 1. The van der Waals surface area contributed by atoms with Crippen molar-refractivity contribution in [1.82, 2.24) is 15.1 Å². The van der Waals surface area contributed by atoms with Crippen LogP contribution in [0.2, 0.25) is 0 Å². The van der Waals surface area contributed by atoms with Crippen LogP contribution in [-0.4, -0.2) is 80.7 Å². The van der Waals surface area contributed by atoms with E-state index in [9.17, 15) is 4.79 Å². The molecule has 134 valence electrons. The Morgan fingerprint density at radius 3 is 2.52 bits per heavy atom. The number of halogens is 1. The summed E-state index contributed by atoms with van der Waals surface area (Å²) in [5.41, 5.74) is 5.81. The summed E-state index contributed by atoms with van der Waals surface area (Å²) in [6.07, 6.45) is 4.44. The molecule has 2 rings (SSSR count). The van der Waals surface area contributed by atoms with E-state index in [-0.39, 0.29) is 36.4 Å². The number of carbonyl (C=O) groups excluding carboxylic acids is 1. The predicted molar refractivity (Wildman–Crippen MR) is 102 cm³/mol. The lowest BCUT2D eigenvalue weighted by molar-refractivity contribution is -0.130. The zero-order valence-corrected chi connectivity index (χ0v) is 16.2. The number of rotatable bonds is 6. The third kappa shape index (κ3) is 8.16. The van der Waals surface area contributed by atoms with E-state index in [0.29, 0.717) is 5.96 Å². The molecular formula is C15H30IN5O2. The summed E-state index contributed by atoms with van der Waals surface area (Å²) in [6, 6.07) is 0. The average Bonchev–Trinajstić information content (AvgIpc) is 2.58. The van der Waals surface area contributed by atoms with Gasteiger partial charge in [0.15, 0.2) is 5.96 Å². The van der Waals surface area contributed by atoms with Crippen LogP contribution in [0.3, 0.4) is 0 Å². The van der Waals surface area contributed by atoms with Crippen molar-refractivity contribution < 1.29 is 9.53 Å². The Kier molecular flexibility index (Phi) is 10.5. The molecule has 0 unspecified atom stereocenters. The van der Waals surface area contributed by atoms with Crippen LogP contribution in [0.15, 0.2) is 4.99 Å². The quantitative estimate of drug-likeness (QED) is 0.268. The minimum atomic E-state index is 0. The number of morpholine rings is 1. The molecule has 0 radical (unpaired) electrons. The van der Waals surface area contributed by atoms with Gasteiger partial charge in [0.1, 0.15) is 6.54 Å². The molecule has 8 heteroatoms. The van der Waals surface area contributed by atoms with Gasteiger partial charge in [-0.1, -0.05) is 0 Å². The molecule has 0 aromatic rings. The van der Waals surface area contributed by atoms with E-state index < -0.39 is 0 Å². The number of nitrogens with zero attached hydrogens (tertiary/aromatic N) is 3. The van der Waals surface area contributed by atoms with E-state index >= 15 is 0 Å². The molecule has 2 fully saturated rings. The number of amides is 1. The number of piperidine rings is 1. The summed E-state index contributed by atoms with van der Waals surface area (Å²) >= 11 is 0. The van der Waals surface area contributed by atoms with E-state index in [0.717, 1.165) is 71.7 Å². The molecule has 0 atom stereocenters. The molecule has 2 aliphatic rings. The van der Waals surface area contributed by atoms with Crippen LogP contribution in [-0.2, 0) is 9.53 Å². The number of likely N-dealkylation sites (tertiary alicyclic amines) is 1. The minimum Gasteiger partial charge on any atom is -0.379 e. The summed E-state index contributed by atoms with van der Waals surface area (Å²) < 4.78 is 5.32. The molecule has 2 heterocycles. The third-order valence-electron chi connectivity index (χ3n) is 4.15. The van der Waals surface area contributed by atoms with E-state index in [1.54, 1.807) is 0 Å². The Morgan fingerprint density at radius 1 is 1.13 bits per heavy atom. The standard InChI is InChI=1S/C15H29N5O2.HI/c16-15(17-5-4-6-19-9-11-22-12-10-19)18-13-14(21)20-7-2-1-3-8-20;/h1-13H2,(H3,16,17,18);1H. The van der Waals surface area contributed by atoms with E-state index in [1.807, 2.05) is 4.90 Å². The van der Waals surface area contributed by atoms with Gasteiger partial charge in [-0.2, -0.15) is 0 Å². The summed E-state index contributed by atoms with van der Waals surface area (Å²) in [6.45, 7) is 7.37. The zero-order valence-electron chi connectivity index (χ0n) is 13.8. The highest BCUT2D eigenvalue weighted by Gasteiger charge is 2.15. The fraction of sp³-hybridized carbons (Fsp3) is 0.867. The molecule has 0 bridgehead atoms. The highest BCUT2D eigenvalue weighted by atomic mass is 127. The lowest BCUT2D eigenvalue weighted by atomic mass is 10.1. The molecule has 0 saturated carbocycles. The number of guanidine groups is 1. The zero-order chi connectivity index (χ0) is 15.6. The third-order valence-corrected chi connectivity index (χ3v) is 4.15. The van der Waals surface area contributed by atoms with Crippen molar-refractivity contribution in [2.24, 2.45) is 10.7 Å².